The van der Waals surface area contributed by atoms with Crippen molar-refractivity contribution >= 4 is 52.9 Å². The first kappa shape index (κ1) is 16.7. The second-order valence-corrected chi connectivity index (χ2v) is 6.26. The summed E-state index contributed by atoms with van der Waals surface area (Å²) >= 11 is 7.92. The van der Waals surface area contributed by atoms with Gasteiger partial charge in [-0.05, 0) is 35.1 Å². The molecule has 1 aromatic heterocycles. The zero-order valence-electron chi connectivity index (χ0n) is 11.2. The van der Waals surface area contributed by atoms with Crippen LogP contribution in [-0.4, -0.2) is 22.5 Å². The van der Waals surface area contributed by atoms with Crippen molar-refractivity contribution in [1.29, 1.82) is 0 Å². The molecule has 1 N–H and O–H groups in total. The molecule has 2 heterocycles. The number of nitrogens with zero attached hydrogens (tertiary/aromatic N) is 1. The first-order valence-corrected chi connectivity index (χ1v) is 7.69. The van der Waals surface area contributed by atoms with E-state index in [1.807, 2.05) is 17.0 Å². The quantitative estimate of drug-likeness (QED) is 0.735. The van der Waals surface area contributed by atoms with E-state index in [4.69, 9.17) is 11.6 Å². The number of thiophene rings is 1. The molecule has 0 amide bonds. The lowest BCUT2D eigenvalue weighted by Crippen LogP contribution is -2.37. The summed E-state index contributed by atoms with van der Waals surface area (Å²) in [6, 6.07) is 8.58. The SMILES string of the molecule is I.O=C(O)[C@H](c1ccccc1Cl)N1CCc2sccc2C1. The number of hydrogen-bond donors (Lipinski definition) is 1. The summed E-state index contributed by atoms with van der Waals surface area (Å²) in [7, 11) is 0. The number of aliphatic carboxylic acids is 1. The van der Waals surface area contributed by atoms with Gasteiger partial charge in [0.15, 0.2) is 0 Å². The van der Waals surface area contributed by atoms with Crippen LogP contribution in [0.4, 0.5) is 0 Å². The summed E-state index contributed by atoms with van der Waals surface area (Å²) in [5, 5.41) is 12.2. The van der Waals surface area contributed by atoms with Gasteiger partial charge in [-0.25, -0.2) is 0 Å². The van der Waals surface area contributed by atoms with Crippen LogP contribution in [0.15, 0.2) is 35.7 Å². The zero-order valence-corrected chi connectivity index (χ0v) is 15.1. The van der Waals surface area contributed by atoms with E-state index in [-0.39, 0.29) is 24.0 Å². The minimum absolute atomic E-state index is 0. The Bertz CT molecular complexity index is 646. The number of carboxylic acid groups (broad SMARTS) is 1. The van der Waals surface area contributed by atoms with Crippen LogP contribution in [0.2, 0.25) is 5.02 Å². The van der Waals surface area contributed by atoms with Crippen molar-refractivity contribution in [2.45, 2.75) is 19.0 Å². The molecule has 0 fully saturated rings. The second kappa shape index (κ2) is 7.09. The number of hydrogen-bond acceptors (Lipinski definition) is 3. The lowest BCUT2D eigenvalue weighted by atomic mass is 10.0. The van der Waals surface area contributed by atoms with Crippen LogP contribution in [0.1, 0.15) is 22.0 Å². The van der Waals surface area contributed by atoms with Crippen molar-refractivity contribution in [2.24, 2.45) is 0 Å². The molecule has 3 rings (SSSR count). The van der Waals surface area contributed by atoms with E-state index in [0.717, 1.165) is 13.0 Å². The third-order valence-electron chi connectivity index (χ3n) is 3.64. The lowest BCUT2D eigenvalue weighted by molar-refractivity contribution is -0.144. The molecule has 112 valence electrons. The third-order valence-corrected chi connectivity index (χ3v) is 5.00. The molecule has 1 atom stereocenters. The van der Waals surface area contributed by atoms with Crippen molar-refractivity contribution in [3.8, 4) is 0 Å². The van der Waals surface area contributed by atoms with Gasteiger partial charge >= 0.3 is 5.97 Å². The Morgan fingerprint density at radius 3 is 2.81 bits per heavy atom. The molecular weight excluding hydrogens is 421 g/mol. The molecule has 0 saturated carbocycles. The maximum absolute atomic E-state index is 11.7. The maximum Gasteiger partial charge on any atom is 0.325 e. The Balaban J connectivity index is 0.00000161. The average Bonchev–Trinajstić information content (AvgIpc) is 2.88. The minimum Gasteiger partial charge on any atom is -0.480 e. The number of carboxylic acids is 1. The smallest absolute Gasteiger partial charge is 0.325 e. The van der Waals surface area contributed by atoms with E-state index in [9.17, 15) is 9.90 Å². The van der Waals surface area contributed by atoms with Gasteiger partial charge in [0.25, 0.3) is 0 Å². The highest BCUT2D eigenvalue weighted by atomic mass is 127. The monoisotopic (exact) mass is 435 g/mol. The molecule has 1 aromatic carbocycles. The predicted octanol–water partition coefficient (Wildman–Crippen LogP) is 4.20. The number of fused-ring (bicyclic) bond motifs is 1. The van der Waals surface area contributed by atoms with E-state index in [2.05, 4.69) is 11.4 Å². The van der Waals surface area contributed by atoms with Crippen LogP contribution >= 0.6 is 46.9 Å². The summed E-state index contributed by atoms with van der Waals surface area (Å²) in [4.78, 5) is 15.1. The zero-order chi connectivity index (χ0) is 14.1. The van der Waals surface area contributed by atoms with Crippen molar-refractivity contribution in [2.75, 3.05) is 6.54 Å². The van der Waals surface area contributed by atoms with Crippen LogP contribution < -0.4 is 0 Å². The van der Waals surface area contributed by atoms with Gasteiger partial charge in [-0.3, -0.25) is 9.69 Å². The van der Waals surface area contributed by atoms with Gasteiger partial charge in [0.2, 0.25) is 0 Å². The van der Waals surface area contributed by atoms with Gasteiger partial charge in [-0.2, -0.15) is 0 Å². The number of carbonyl (C=O) groups is 1. The van der Waals surface area contributed by atoms with Gasteiger partial charge in [-0.1, -0.05) is 29.8 Å². The first-order valence-electron chi connectivity index (χ1n) is 6.43. The number of benzene rings is 1. The molecule has 21 heavy (non-hydrogen) atoms. The van der Waals surface area contributed by atoms with Crippen LogP contribution in [0, 0.1) is 0 Å². The first-order chi connectivity index (χ1) is 9.66. The number of rotatable bonds is 3. The second-order valence-electron chi connectivity index (χ2n) is 4.85. The lowest BCUT2D eigenvalue weighted by Gasteiger charge is -2.32. The largest absolute Gasteiger partial charge is 0.480 e. The predicted molar refractivity (Wildman–Crippen MR) is 95.7 cm³/mol. The van der Waals surface area contributed by atoms with Crippen molar-refractivity contribution in [1.82, 2.24) is 4.90 Å². The molecule has 0 unspecified atom stereocenters. The summed E-state index contributed by atoms with van der Waals surface area (Å²) in [5.74, 6) is -0.850. The minimum atomic E-state index is -0.850. The summed E-state index contributed by atoms with van der Waals surface area (Å²) in [6.45, 7) is 1.41. The molecule has 3 nitrogen and oxygen atoms in total. The van der Waals surface area contributed by atoms with Crippen molar-refractivity contribution in [3.63, 3.8) is 0 Å². The van der Waals surface area contributed by atoms with Gasteiger partial charge in [0.1, 0.15) is 6.04 Å². The van der Waals surface area contributed by atoms with E-state index in [1.165, 1.54) is 10.4 Å². The van der Waals surface area contributed by atoms with Gasteiger partial charge < -0.3 is 5.11 Å². The Kier molecular flexibility index (Phi) is 5.65. The molecule has 1 aliphatic rings. The number of halogens is 2. The fourth-order valence-corrected chi connectivity index (χ4v) is 3.80. The fourth-order valence-electron chi connectivity index (χ4n) is 2.67. The van der Waals surface area contributed by atoms with E-state index in [1.54, 1.807) is 23.5 Å². The highest BCUT2D eigenvalue weighted by Crippen LogP contribution is 2.33. The molecule has 1 aliphatic heterocycles. The Labute approximate surface area is 149 Å². The molecule has 6 heteroatoms. The molecule has 0 spiro atoms. The highest BCUT2D eigenvalue weighted by molar-refractivity contribution is 14.0. The summed E-state index contributed by atoms with van der Waals surface area (Å²) in [5.41, 5.74) is 1.90. The van der Waals surface area contributed by atoms with Crippen LogP contribution in [0.25, 0.3) is 0 Å². The van der Waals surface area contributed by atoms with E-state index >= 15 is 0 Å². The standard InChI is InChI=1S/C15H14ClNO2S.HI/c16-12-4-2-1-3-11(12)14(15(18)19)17-7-5-13-10(9-17)6-8-20-13;/h1-4,6,8,14H,5,7,9H2,(H,18,19);1H/t14-;/m0./s1. The highest BCUT2D eigenvalue weighted by Gasteiger charge is 2.31. The Morgan fingerprint density at radius 2 is 2.10 bits per heavy atom. The van der Waals surface area contributed by atoms with Crippen LogP contribution in [0.3, 0.4) is 0 Å². The molecule has 0 bridgehead atoms. The molecule has 0 saturated heterocycles. The van der Waals surface area contributed by atoms with Gasteiger partial charge in [-0.15, -0.1) is 35.3 Å². The van der Waals surface area contributed by atoms with Gasteiger partial charge in [0, 0.05) is 23.0 Å². The fraction of sp³-hybridized carbons (Fsp3) is 0.267. The van der Waals surface area contributed by atoms with Crippen LogP contribution in [0.5, 0.6) is 0 Å². The molecule has 2 aromatic rings. The molecular formula is C15H15ClINO2S. The average molecular weight is 436 g/mol. The maximum atomic E-state index is 11.7. The van der Waals surface area contributed by atoms with E-state index < -0.39 is 12.0 Å². The Morgan fingerprint density at radius 1 is 1.33 bits per heavy atom. The summed E-state index contributed by atoms with van der Waals surface area (Å²) in [6.07, 6.45) is 0.904. The molecule has 0 aliphatic carbocycles. The van der Waals surface area contributed by atoms with Crippen LogP contribution in [-0.2, 0) is 17.8 Å². The summed E-state index contributed by atoms with van der Waals surface area (Å²) < 4.78 is 0. The van der Waals surface area contributed by atoms with Crippen molar-refractivity contribution in [3.05, 3.63) is 56.7 Å². The van der Waals surface area contributed by atoms with Crippen molar-refractivity contribution < 1.29 is 9.90 Å². The Hall–Kier alpha value is -0.630. The third kappa shape index (κ3) is 3.41. The van der Waals surface area contributed by atoms with E-state index in [0.29, 0.717) is 17.1 Å². The molecule has 0 radical (unpaired) electrons. The topological polar surface area (TPSA) is 40.5 Å². The van der Waals surface area contributed by atoms with Gasteiger partial charge in [0.05, 0.1) is 0 Å². The normalized spacial score (nSPS) is 15.9.